The molecule has 0 spiro atoms. The Labute approximate surface area is 93.6 Å². The Morgan fingerprint density at radius 3 is 2.69 bits per heavy atom. The van der Waals surface area contributed by atoms with Crippen LogP contribution in [0.2, 0.25) is 0 Å². The van der Waals surface area contributed by atoms with Gasteiger partial charge < -0.3 is 10.1 Å². The third kappa shape index (κ3) is 3.21. The Hall–Kier alpha value is -1.60. The first-order valence-corrected chi connectivity index (χ1v) is 4.92. The summed E-state index contributed by atoms with van der Waals surface area (Å²) in [5, 5.41) is 3.00. The predicted molar refractivity (Wildman–Crippen MR) is 58.3 cm³/mol. The summed E-state index contributed by atoms with van der Waals surface area (Å²) < 4.78 is 28.7. The van der Waals surface area contributed by atoms with Gasteiger partial charge in [-0.05, 0) is 12.6 Å². The minimum absolute atomic E-state index is 0.112. The molecular weight excluding hydrogens is 212 g/mol. The van der Waals surface area contributed by atoms with Crippen LogP contribution in [0, 0.1) is 12.3 Å². The lowest BCUT2D eigenvalue weighted by Gasteiger charge is -2.16. The number of alkyl halides is 2. The highest BCUT2D eigenvalue weighted by molar-refractivity contribution is 5.39. The van der Waals surface area contributed by atoms with Crippen molar-refractivity contribution in [1.29, 1.82) is 0 Å². The molecule has 16 heavy (non-hydrogen) atoms. The number of terminal acetylenes is 1. The fraction of sp³-hybridized carbons (Fsp3) is 0.333. The van der Waals surface area contributed by atoms with Crippen molar-refractivity contribution in [1.82, 2.24) is 5.32 Å². The molecule has 0 aromatic heterocycles. The van der Waals surface area contributed by atoms with Crippen LogP contribution in [-0.4, -0.2) is 13.2 Å². The average molecular weight is 225 g/mol. The van der Waals surface area contributed by atoms with Gasteiger partial charge in [-0.1, -0.05) is 31.0 Å². The largest absolute Gasteiger partial charge is 0.434 e. The van der Waals surface area contributed by atoms with Crippen molar-refractivity contribution in [3.63, 3.8) is 0 Å². The van der Waals surface area contributed by atoms with E-state index < -0.39 is 12.7 Å². The van der Waals surface area contributed by atoms with Crippen LogP contribution in [0.4, 0.5) is 8.78 Å². The summed E-state index contributed by atoms with van der Waals surface area (Å²) >= 11 is 0. The van der Waals surface area contributed by atoms with E-state index in [2.05, 4.69) is 16.0 Å². The molecule has 0 amide bonds. The van der Waals surface area contributed by atoms with Crippen LogP contribution in [-0.2, 0) is 0 Å². The monoisotopic (exact) mass is 225 g/mol. The first kappa shape index (κ1) is 12.5. The third-order valence-electron chi connectivity index (χ3n) is 2.02. The van der Waals surface area contributed by atoms with Crippen molar-refractivity contribution in [2.24, 2.45) is 0 Å². The van der Waals surface area contributed by atoms with Crippen LogP contribution in [0.3, 0.4) is 0 Å². The molecule has 0 radical (unpaired) electrons. The molecule has 4 heteroatoms. The molecule has 1 atom stereocenters. The van der Waals surface area contributed by atoms with Crippen molar-refractivity contribution in [2.45, 2.75) is 19.6 Å². The zero-order valence-corrected chi connectivity index (χ0v) is 8.91. The van der Waals surface area contributed by atoms with E-state index in [0.29, 0.717) is 12.1 Å². The van der Waals surface area contributed by atoms with Crippen molar-refractivity contribution in [2.75, 3.05) is 6.54 Å². The minimum atomic E-state index is -2.85. The van der Waals surface area contributed by atoms with E-state index in [1.165, 1.54) is 6.07 Å². The van der Waals surface area contributed by atoms with Crippen LogP contribution in [0.25, 0.3) is 0 Å². The van der Waals surface area contributed by atoms with Crippen LogP contribution in [0.5, 0.6) is 5.75 Å². The van der Waals surface area contributed by atoms with Gasteiger partial charge in [0.1, 0.15) is 5.75 Å². The van der Waals surface area contributed by atoms with Gasteiger partial charge in [0, 0.05) is 5.56 Å². The molecule has 86 valence electrons. The van der Waals surface area contributed by atoms with Gasteiger partial charge in [0.15, 0.2) is 0 Å². The summed E-state index contributed by atoms with van der Waals surface area (Å²) in [5.74, 6) is 2.61. The highest BCUT2D eigenvalue weighted by Gasteiger charge is 2.14. The maximum Gasteiger partial charge on any atom is 0.387 e. The highest BCUT2D eigenvalue weighted by atomic mass is 19.3. The number of benzene rings is 1. The molecule has 0 aliphatic rings. The molecule has 1 aromatic carbocycles. The molecule has 0 aliphatic carbocycles. The standard InChI is InChI=1S/C12H13F2NO/c1-3-10(15-4-2)9-7-5-6-8-11(9)16-12(13)14/h1,5-8,10,12,15H,4H2,2H3. The lowest BCUT2D eigenvalue weighted by molar-refractivity contribution is -0.0505. The fourth-order valence-electron chi connectivity index (χ4n) is 1.39. The summed E-state index contributed by atoms with van der Waals surface area (Å²) in [7, 11) is 0. The van der Waals surface area contributed by atoms with Gasteiger partial charge in [-0.25, -0.2) is 0 Å². The molecular formula is C12H13F2NO. The minimum Gasteiger partial charge on any atom is -0.434 e. The highest BCUT2D eigenvalue weighted by Crippen LogP contribution is 2.25. The topological polar surface area (TPSA) is 21.3 Å². The Morgan fingerprint density at radius 2 is 2.12 bits per heavy atom. The maximum absolute atomic E-state index is 12.2. The number of halogens is 2. The smallest absolute Gasteiger partial charge is 0.387 e. The van der Waals surface area contributed by atoms with E-state index in [-0.39, 0.29) is 5.75 Å². The predicted octanol–water partition coefficient (Wildman–Crippen LogP) is 2.57. The number of hydrogen-bond donors (Lipinski definition) is 1. The SMILES string of the molecule is C#CC(NCC)c1ccccc1OC(F)F. The van der Waals surface area contributed by atoms with E-state index in [0.717, 1.165) is 0 Å². The molecule has 0 bridgehead atoms. The lowest BCUT2D eigenvalue weighted by Crippen LogP contribution is -2.20. The van der Waals surface area contributed by atoms with Gasteiger partial charge in [-0.15, -0.1) is 6.42 Å². The fourth-order valence-corrected chi connectivity index (χ4v) is 1.39. The van der Waals surface area contributed by atoms with E-state index in [4.69, 9.17) is 6.42 Å². The molecule has 0 fully saturated rings. The van der Waals surface area contributed by atoms with Gasteiger partial charge in [0.25, 0.3) is 0 Å². The van der Waals surface area contributed by atoms with E-state index in [9.17, 15) is 8.78 Å². The summed E-state index contributed by atoms with van der Waals surface area (Å²) in [6.07, 6.45) is 5.34. The van der Waals surface area contributed by atoms with E-state index in [1.807, 2.05) is 6.92 Å². The molecule has 1 aromatic rings. The lowest BCUT2D eigenvalue weighted by atomic mass is 10.1. The van der Waals surface area contributed by atoms with Gasteiger partial charge >= 0.3 is 6.61 Å². The molecule has 0 saturated carbocycles. The number of ether oxygens (including phenoxy) is 1. The Bertz CT molecular complexity index is 374. The van der Waals surface area contributed by atoms with Gasteiger partial charge in [-0.2, -0.15) is 8.78 Å². The Morgan fingerprint density at radius 1 is 1.44 bits per heavy atom. The zero-order valence-electron chi connectivity index (χ0n) is 8.91. The van der Waals surface area contributed by atoms with Gasteiger partial charge in [0.05, 0.1) is 6.04 Å². The second-order valence-electron chi connectivity index (χ2n) is 3.07. The second-order valence-corrected chi connectivity index (χ2v) is 3.07. The molecule has 2 nitrogen and oxygen atoms in total. The first-order valence-electron chi connectivity index (χ1n) is 4.92. The quantitative estimate of drug-likeness (QED) is 0.778. The number of nitrogens with one attached hydrogen (secondary N) is 1. The van der Waals surface area contributed by atoms with Crippen molar-refractivity contribution < 1.29 is 13.5 Å². The van der Waals surface area contributed by atoms with Crippen molar-refractivity contribution in [3.05, 3.63) is 29.8 Å². The Balaban J connectivity index is 2.97. The summed E-state index contributed by atoms with van der Waals surface area (Å²) in [4.78, 5) is 0. The number of para-hydroxylation sites is 1. The maximum atomic E-state index is 12.2. The van der Waals surface area contributed by atoms with Crippen LogP contribution >= 0.6 is 0 Å². The summed E-state index contributed by atoms with van der Waals surface area (Å²) in [5.41, 5.74) is 0.548. The summed E-state index contributed by atoms with van der Waals surface area (Å²) in [6.45, 7) is -0.306. The van der Waals surface area contributed by atoms with Crippen molar-refractivity contribution in [3.8, 4) is 18.1 Å². The van der Waals surface area contributed by atoms with Crippen molar-refractivity contribution >= 4 is 0 Å². The number of rotatable bonds is 5. The van der Waals surface area contributed by atoms with E-state index in [1.54, 1.807) is 18.2 Å². The first-order chi connectivity index (χ1) is 7.69. The summed E-state index contributed by atoms with van der Waals surface area (Å²) in [6, 6.07) is 6.09. The molecule has 0 saturated heterocycles. The number of hydrogen-bond acceptors (Lipinski definition) is 2. The van der Waals surface area contributed by atoms with E-state index >= 15 is 0 Å². The van der Waals surface area contributed by atoms with Gasteiger partial charge in [-0.3, -0.25) is 0 Å². The normalized spacial score (nSPS) is 12.2. The average Bonchev–Trinajstić information content (AvgIpc) is 2.26. The van der Waals surface area contributed by atoms with Crippen LogP contribution in [0.15, 0.2) is 24.3 Å². The zero-order chi connectivity index (χ0) is 12.0. The molecule has 1 rings (SSSR count). The third-order valence-corrected chi connectivity index (χ3v) is 2.02. The van der Waals surface area contributed by atoms with Crippen LogP contribution in [0.1, 0.15) is 18.5 Å². The molecule has 1 unspecified atom stereocenters. The Kier molecular flexibility index (Phi) is 4.74. The molecule has 0 heterocycles. The molecule has 1 N–H and O–H groups in total. The van der Waals surface area contributed by atoms with Gasteiger partial charge in [0.2, 0.25) is 0 Å². The van der Waals surface area contributed by atoms with Crippen LogP contribution < -0.4 is 10.1 Å². The molecule has 0 aliphatic heterocycles. The second kappa shape index (κ2) is 6.09.